The van der Waals surface area contributed by atoms with Crippen molar-refractivity contribution >= 4 is 11.8 Å². The summed E-state index contributed by atoms with van der Waals surface area (Å²) in [6.07, 6.45) is 9.26. The Hall–Kier alpha value is -1.35. The quantitative estimate of drug-likeness (QED) is 0.778. The topological polar surface area (TPSA) is 19.4 Å². The van der Waals surface area contributed by atoms with E-state index in [1.54, 1.807) is 0 Å². The molecule has 1 aromatic heterocycles. The molecule has 3 heteroatoms. The molecule has 0 bridgehead atoms. The number of hydrogen-bond donors (Lipinski definition) is 0. The van der Waals surface area contributed by atoms with Crippen molar-refractivity contribution in [2.75, 3.05) is 38.1 Å². The summed E-state index contributed by atoms with van der Waals surface area (Å²) in [5.41, 5.74) is 2.43. The molecule has 0 aromatic carbocycles. The molecule has 0 saturated carbocycles. The lowest BCUT2D eigenvalue weighted by molar-refractivity contribution is 0.360. The number of rotatable bonds is 2. The normalized spacial score (nSPS) is 18.6. The van der Waals surface area contributed by atoms with E-state index in [-0.39, 0.29) is 0 Å². The highest BCUT2D eigenvalue weighted by Gasteiger charge is 2.12. The number of anilines is 1. The zero-order chi connectivity index (χ0) is 12.1. The zero-order valence-corrected chi connectivity index (χ0v) is 10.8. The van der Waals surface area contributed by atoms with Crippen molar-refractivity contribution in [3.8, 4) is 0 Å². The Bertz CT molecular complexity index is 387. The molecule has 2 heterocycles. The van der Waals surface area contributed by atoms with Gasteiger partial charge in [0.25, 0.3) is 0 Å². The van der Waals surface area contributed by atoms with E-state index in [4.69, 9.17) is 0 Å². The van der Waals surface area contributed by atoms with Crippen LogP contribution in [0, 0.1) is 0 Å². The van der Waals surface area contributed by atoms with Gasteiger partial charge in [-0.05, 0) is 38.6 Å². The summed E-state index contributed by atoms with van der Waals surface area (Å²) in [4.78, 5) is 9.15. The molecule has 3 nitrogen and oxygen atoms in total. The Morgan fingerprint density at radius 1 is 1.18 bits per heavy atom. The summed E-state index contributed by atoms with van der Waals surface area (Å²) in [5.74, 6) is 0. The van der Waals surface area contributed by atoms with Gasteiger partial charge in [0.15, 0.2) is 0 Å². The van der Waals surface area contributed by atoms with Gasteiger partial charge in [0.1, 0.15) is 0 Å². The summed E-state index contributed by atoms with van der Waals surface area (Å²) >= 11 is 0. The number of hydrogen-bond acceptors (Lipinski definition) is 3. The van der Waals surface area contributed by atoms with Crippen LogP contribution in [0.15, 0.2) is 24.5 Å². The van der Waals surface area contributed by atoms with Crippen LogP contribution in [0.4, 0.5) is 5.69 Å². The van der Waals surface area contributed by atoms with Gasteiger partial charge in [-0.2, -0.15) is 0 Å². The van der Waals surface area contributed by atoms with E-state index in [1.807, 2.05) is 19.3 Å². The second-order valence-corrected chi connectivity index (χ2v) is 4.62. The molecule has 0 atom stereocenters. The maximum atomic E-state index is 4.32. The molecule has 1 fully saturated rings. The fraction of sp³-hybridized carbons (Fsp3) is 0.500. The third kappa shape index (κ3) is 3.30. The van der Waals surface area contributed by atoms with Crippen molar-refractivity contribution in [1.29, 1.82) is 0 Å². The van der Waals surface area contributed by atoms with Crippen LogP contribution >= 0.6 is 0 Å². The predicted octanol–water partition coefficient (Wildman–Crippen LogP) is 2.26. The summed E-state index contributed by atoms with van der Waals surface area (Å²) in [7, 11) is 2.19. The molecule has 0 unspecified atom stereocenters. The molecule has 1 aliphatic heterocycles. The van der Waals surface area contributed by atoms with Gasteiger partial charge in [0.05, 0.1) is 11.9 Å². The van der Waals surface area contributed by atoms with Gasteiger partial charge in [-0.15, -0.1) is 0 Å². The van der Waals surface area contributed by atoms with E-state index in [9.17, 15) is 0 Å². The average Bonchev–Trinajstić information content (AvgIpc) is 2.55. The Balaban J connectivity index is 2.12. The minimum Gasteiger partial charge on any atom is -0.369 e. The second kappa shape index (κ2) is 5.82. The molecule has 0 spiro atoms. The number of pyridine rings is 1. The fourth-order valence-electron chi connectivity index (χ4n) is 2.21. The molecule has 2 rings (SSSR count). The Morgan fingerprint density at radius 3 is 2.88 bits per heavy atom. The van der Waals surface area contributed by atoms with Crippen molar-refractivity contribution < 1.29 is 0 Å². The first-order valence-corrected chi connectivity index (χ1v) is 6.31. The second-order valence-electron chi connectivity index (χ2n) is 4.62. The van der Waals surface area contributed by atoms with Crippen molar-refractivity contribution in [2.24, 2.45) is 0 Å². The molecule has 0 N–H and O–H groups in total. The monoisotopic (exact) mass is 231 g/mol. The van der Waals surface area contributed by atoms with Crippen LogP contribution in [0.25, 0.3) is 6.08 Å². The highest BCUT2D eigenvalue weighted by molar-refractivity contribution is 5.56. The Morgan fingerprint density at radius 2 is 2.06 bits per heavy atom. The van der Waals surface area contributed by atoms with Gasteiger partial charge in [-0.3, -0.25) is 4.98 Å². The molecule has 0 amide bonds. The van der Waals surface area contributed by atoms with Crippen LogP contribution in [-0.2, 0) is 0 Å². The third-order valence-corrected chi connectivity index (χ3v) is 3.19. The number of allylic oxidation sites excluding steroid dienone is 1. The van der Waals surface area contributed by atoms with Gasteiger partial charge < -0.3 is 9.80 Å². The summed E-state index contributed by atoms with van der Waals surface area (Å²) < 4.78 is 0. The van der Waals surface area contributed by atoms with Crippen LogP contribution in [0.1, 0.15) is 18.9 Å². The van der Waals surface area contributed by atoms with E-state index in [2.05, 4.69) is 40.0 Å². The van der Waals surface area contributed by atoms with Crippen molar-refractivity contribution in [1.82, 2.24) is 9.88 Å². The molecule has 1 aromatic rings. The van der Waals surface area contributed by atoms with Gasteiger partial charge in [-0.1, -0.05) is 12.2 Å². The van der Waals surface area contributed by atoms with Crippen LogP contribution in [-0.4, -0.2) is 43.1 Å². The number of aromatic nitrogens is 1. The molecule has 1 aliphatic rings. The highest BCUT2D eigenvalue weighted by atomic mass is 15.2. The molecular formula is C14H21N3. The average molecular weight is 231 g/mol. The minimum atomic E-state index is 1.09. The summed E-state index contributed by atoms with van der Waals surface area (Å²) in [6, 6.07) is 2.22. The number of nitrogens with zero attached hydrogens (tertiary/aromatic N) is 3. The molecular weight excluding hydrogens is 210 g/mol. The van der Waals surface area contributed by atoms with E-state index in [1.165, 1.54) is 24.2 Å². The minimum absolute atomic E-state index is 1.09. The van der Waals surface area contributed by atoms with Crippen LogP contribution in [0.3, 0.4) is 0 Å². The zero-order valence-electron chi connectivity index (χ0n) is 10.8. The van der Waals surface area contributed by atoms with Gasteiger partial charge in [0.2, 0.25) is 0 Å². The van der Waals surface area contributed by atoms with Gasteiger partial charge >= 0.3 is 0 Å². The van der Waals surface area contributed by atoms with Crippen LogP contribution < -0.4 is 4.90 Å². The largest absolute Gasteiger partial charge is 0.369 e. The van der Waals surface area contributed by atoms with Crippen LogP contribution in [0.2, 0.25) is 0 Å². The van der Waals surface area contributed by atoms with Crippen molar-refractivity contribution in [2.45, 2.75) is 13.3 Å². The first-order valence-electron chi connectivity index (χ1n) is 6.31. The summed E-state index contributed by atoms with van der Waals surface area (Å²) in [5, 5.41) is 0. The first kappa shape index (κ1) is 12.1. The van der Waals surface area contributed by atoms with E-state index in [0.29, 0.717) is 0 Å². The molecule has 0 radical (unpaired) electrons. The predicted molar refractivity (Wildman–Crippen MR) is 73.3 cm³/mol. The van der Waals surface area contributed by atoms with Crippen LogP contribution in [0.5, 0.6) is 0 Å². The molecule has 92 valence electrons. The lowest BCUT2D eigenvalue weighted by Gasteiger charge is -2.22. The Labute approximate surface area is 104 Å². The number of likely N-dealkylation sites (N-methyl/N-ethyl adjacent to an activating group) is 1. The maximum Gasteiger partial charge on any atom is 0.0559 e. The molecule has 1 saturated heterocycles. The first-order chi connectivity index (χ1) is 8.29. The third-order valence-electron chi connectivity index (χ3n) is 3.19. The standard InChI is InChI=1S/C14H21N3/c1-3-5-13-10-14(12-15-11-13)17-7-4-6-16(2)8-9-17/h3,5,10-12H,4,6-9H2,1-2H3. The molecule has 0 aliphatic carbocycles. The van der Waals surface area contributed by atoms with Gasteiger partial charge in [0, 0.05) is 25.8 Å². The van der Waals surface area contributed by atoms with Crippen molar-refractivity contribution in [3.05, 3.63) is 30.1 Å². The van der Waals surface area contributed by atoms with E-state index in [0.717, 1.165) is 19.6 Å². The van der Waals surface area contributed by atoms with E-state index < -0.39 is 0 Å². The smallest absolute Gasteiger partial charge is 0.0559 e. The highest BCUT2D eigenvalue weighted by Crippen LogP contribution is 2.17. The Kier molecular flexibility index (Phi) is 4.15. The van der Waals surface area contributed by atoms with E-state index >= 15 is 0 Å². The fourth-order valence-corrected chi connectivity index (χ4v) is 2.21. The lowest BCUT2D eigenvalue weighted by Crippen LogP contribution is -2.28. The maximum absolute atomic E-state index is 4.32. The lowest BCUT2D eigenvalue weighted by atomic mass is 10.2. The van der Waals surface area contributed by atoms with Crippen molar-refractivity contribution in [3.63, 3.8) is 0 Å². The SMILES string of the molecule is CC=Cc1cncc(N2CCCN(C)CC2)c1. The van der Waals surface area contributed by atoms with Gasteiger partial charge in [-0.25, -0.2) is 0 Å². The summed E-state index contributed by atoms with van der Waals surface area (Å²) in [6.45, 7) is 6.59. The molecule has 17 heavy (non-hydrogen) atoms.